The maximum absolute atomic E-state index is 12.3. The third-order valence-electron chi connectivity index (χ3n) is 7.22. The molecule has 47 heavy (non-hydrogen) atoms. The van der Waals surface area contributed by atoms with Crippen molar-refractivity contribution in [2.75, 3.05) is 32.8 Å². The van der Waals surface area contributed by atoms with Crippen molar-refractivity contribution in [1.29, 1.82) is 0 Å². The Hall–Kier alpha value is -3.79. The fourth-order valence-corrected chi connectivity index (χ4v) is 4.41. The average molecular weight is 673 g/mol. The molecule has 270 valence electrons. The summed E-state index contributed by atoms with van der Waals surface area (Å²) in [5.74, 6) is -5.80. The van der Waals surface area contributed by atoms with Gasteiger partial charge in [0.2, 0.25) is 35.4 Å². The average Bonchev–Trinajstić information content (AvgIpc) is 3.04. The van der Waals surface area contributed by atoms with E-state index in [1.807, 2.05) is 5.32 Å². The van der Waals surface area contributed by atoms with Gasteiger partial charge in [-0.05, 0) is 13.3 Å². The van der Waals surface area contributed by atoms with Crippen LogP contribution >= 0.6 is 0 Å². The Balaban J connectivity index is 4.10. The number of amides is 6. The highest BCUT2D eigenvalue weighted by atomic mass is 16.4. The van der Waals surface area contributed by atoms with Crippen LogP contribution in [0.1, 0.15) is 104 Å². The van der Waals surface area contributed by atoms with E-state index >= 15 is 0 Å². The third-order valence-corrected chi connectivity index (χ3v) is 7.22. The number of nitrogens with one attached hydrogen (secondary N) is 6. The van der Waals surface area contributed by atoms with E-state index in [1.54, 1.807) is 0 Å². The molecule has 0 aliphatic heterocycles. The number of unbranched alkanes of at least 4 members (excludes halogenated alkanes) is 12. The Labute approximate surface area is 277 Å². The van der Waals surface area contributed by atoms with Crippen molar-refractivity contribution >= 4 is 41.4 Å². The zero-order chi connectivity index (χ0) is 35.5. The number of hydrogen-bond donors (Lipinski definition) is 9. The van der Waals surface area contributed by atoms with Crippen LogP contribution in [0.5, 0.6) is 0 Å². The van der Waals surface area contributed by atoms with Gasteiger partial charge < -0.3 is 47.2 Å². The van der Waals surface area contributed by atoms with Gasteiger partial charge in [0, 0.05) is 6.42 Å². The summed E-state index contributed by atoms with van der Waals surface area (Å²) in [4.78, 5) is 83.3. The van der Waals surface area contributed by atoms with E-state index < -0.39 is 79.9 Å². The van der Waals surface area contributed by atoms with Crippen LogP contribution in [0.25, 0.3) is 0 Å². The maximum Gasteiger partial charge on any atom is 0.328 e. The summed E-state index contributed by atoms with van der Waals surface area (Å²) in [6.45, 7) is 0.284. The predicted octanol–water partition coefficient (Wildman–Crippen LogP) is -0.640. The van der Waals surface area contributed by atoms with Crippen molar-refractivity contribution in [2.45, 2.75) is 122 Å². The van der Waals surface area contributed by atoms with Crippen molar-refractivity contribution in [3.05, 3.63) is 0 Å². The van der Waals surface area contributed by atoms with E-state index in [9.17, 15) is 38.7 Å². The predicted molar refractivity (Wildman–Crippen MR) is 173 cm³/mol. The minimum atomic E-state index is -1.57. The van der Waals surface area contributed by atoms with Gasteiger partial charge in [-0.15, -0.1) is 0 Å². The summed E-state index contributed by atoms with van der Waals surface area (Å²) < 4.78 is 0. The molecule has 0 saturated carbocycles. The minimum Gasteiger partial charge on any atom is -0.480 e. The molecule has 0 aromatic carbocycles. The third kappa shape index (κ3) is 23.2. The lowest BCUT2D eigenvalue weighted by molar-refractivity contribution is -0.142. The summed E-state index contributed by atoms with van der Waals surface area (Å²) in [6.07, 6.45) is 15.9. The van der Waals surface area contributed by atoms with Crippen molar-refractivity contribution in [2.24, 2.45) is 0 Å². The van der Waals surface area contributed by atoms with Crippen molar-refractivity contribution in [3.63, 3.8) is 0 Å². The number of carbonyl (C=O) groups excluding carboxylic acids is 6. The Bertz CT molecular complexity index is 980. The van der Waals surface area contributed by atoms with Crippen LogP contribution in [0, 0.1) is 0 Å². The number of aliphatic hydroxyl groups is 2. The van der Waals surface area contributed by atoms with E-state index in [4.69, 9.17) is 10.2 Å². The summed E-state index contributed by atoms with van der Waals surface area (Å²) in [5.41, 5.74) is 0. The lowest BCUT2D eigenvalue weighted by Crippen LogP contribution is -2.54. The van der Waals surface area contributed by atoms with Gasteiger partial charge in [0.1, 0.15) is 18.1 Å². The Morgan fingerprint density at radius 2 is 0.915 bits per heavy atom. The molecule has 0 bridgehead atoms. The molecule has 0 saturated heterocycles. The number of rotatable bonds is 28. The molecular weight excluding hydrogens is 616 g/mol. The highest BCUT2D eigenvalue weighted by molar-refractivity contribution is 5.94. The normalized spacial score (nSPS) is 12.6. The molecule has 0 heterocycles. The van der Waals surface area contributed by atoms with Gasteiger partial charge in [-0.3, -0.25) is 28.8 Å². The molecule has 0 aliphatic carbocycles. The maximum atomic E-state index is 12.3. The number of carboxylic acids is 1. The van der Waals surface area contributed by atoms with Gasteiger partial charge >= 0.3 is 5.97 Å². The first-order valence-corrected chi connectivity index (χ1v) is 16.6. The number of carbonyl (C=O) groups is 7. The van der Waals surface area contributed by atoms with Crippen LogP contribution < -0.4 is 31.9 Å². The molecule has 6 amide bonds. The van der Waals surface area contributed by atoms with Gasteiger partial charge in [-0.25, -0.2) is 4.79 Å². The van der Waals surface area contributed by atoms with Gasteiger partial charge in [0.05, 0.1) is 32.8 Å². The Morgan fingerprint density at radius 3 is 1.38 bits per heavy atom. The standard InChI is InChI=1S/C31H56N6O10/c1-3-4-5-6-7-8-9-10-11-12-13-14-15-16-25(40)32-17-26(41)35-22(2)29(44)33-18-27(42)36-23(20-38)30(45)34-19-28(43)37-24(21-39)31(46)47/h22-24,38-39H,3-21H2,1-2H3,(H,32,40)(H,33,44)(H,34,45)(H,35,41)(H,36,42)(H,37,43)(H,46,47). The second-order valence-electron chi connectivity index (χ2n) is 11.4. The summed E-state index contributed by atoms with van der Waals surface area (Å²) in [7, 11) is 0. The lowest BCUT2D eigenvalue weighted by Gasteiger charge is -2.18. The fourth-order valence-electron chi connectivity index (χ4n) is 4.41. The number of carboxylic acid groups (broad SMARTS) is 1. The monoisotopic (exact) mass is 672 g/mol. The molecule has 16 heteroatoms. The first kappa shape index (κ1) is 43.2. The Morgan fingerprint density at radius 1 is 0.511 bits per heavy atom. The highest BCUT2D eigenvalue weighted by Crippen LogP contribution is 2.12. The first-order valence-electron chi connectivity index (χ1n) is 16.6. The molecule has 0 aromatic heterocycles. The summed E-state index contributed by atoms with van der Waals surface area (Å²) in [6, 6.07) is -4.10. The number of aliphatic hydroxyl groups excluding tert-OH is 2. The zero-order valence-electron chi connectivity index (χ0n) is 27.9. The highest BCUT2D eigenvalue weighted by Gasteiger charge is 2.23. The molecule has 3 atom stereocenters. The Kier molecular flexibility index (Phi) is 25.1. The molecule has 9 N–H and O–H groups in total. The topological polar surface area (TPSA) is 252 Å². The van der Waals surface area contributed by atoms with E-state index in [0.29, 0.717) is 6.42 Å². The largest absolute Gasteiger partial charge is 0.480 e. The quantitative estimate of drug-likeness (QED) is 0.0475. The van der Waals surface area contributed by atoms with Crippen LogP contribution in [0.15, 0.2) is 0 Å². The van der Waals surface area contributed by atoms with E-state index in [2.05, 4.69) is 33.5 Å². The SMILES string of the molecule is CCCCCCCCCCCCCCCC(=O)NCC(=O)NC(C)C(=O)NCC(=O)NC(CO)C(=O)NCC(=O)NC(CO)C(=O)O. The minimum absolute atomic E-state index is 0.255. The van der Waals surface area contributed by atoms with E-state index in [1.165, 1.54) is 64.7 Å². The van der Waals surface area contributed by atoms with Crippen LogP contribution in [-0.4, -0.2) is 108 Å². The molecule has 0 aromatic rings. The first-order chi connectivity index (χ1) is 22.4. The molecule has 0 spiro atoms. The summed E-state index contributed by atoms with van der Waals surface area (Å²) >= 11 is 0. The van der Waals surface area contributed by atoms with Crippen molar-refractivity contribution < 1.29 is 48.9 Å². The molecule has 0 aliphatic rings. The molecule has 0 radical (unpaired) electrons. The molecule has 3 unspecified atom stereocenters. The zero-order valence-corrected chi connectivity index (χ0v) is 27.9. The molecule has 0 rings (SSSR count). The van der Waals surface area contributed by atoms with Gasteiger partial charge in [0.25, 0.3) is 0 Å². The van der Waals surface area contributed by atoms with Crippen molar-refractivity contribution in [3.8, 4) is 0 Å². The molecular formula is C31H56N6O10. The molecule has 16 nitrogen and oxygen atoms in total. The van der Waals surface area contributed by atoms with Gasteiger partial charge in [-0.2, -0.15) is 0 Å². The van der Waals surface area contributed by atoms with E-state index in [0.717, 1.165) is 25.7 Å². The second-order valence-corrected chi connectivity index (χ2v) is 11.4. The summed E-state index contributed by atoms with van der Waals surface area (Å²) in [5, 5.41) is 40.5. The number of aliphatic carboxylic acids is 1. The van der Waals surface area contributed by atoms with Crippen LogP contribution in [0.3, 0.4) is 0 Å². The van der Waals surface area contributed by atoms with E-state index in [-0.39, 0.29) is 12.5 Å². The smallest absolute Gasteiger partial charge is 0.328 e. The van der Waals surface area contributed by atoms with Crippen LogP contribution in [0.4, 0.5) is 0 Å². The van der Waals surface area contributed by atoms with Crippen molar-refractivity contribution in [1.82, 2.24) is 31.9 Å². The van der Waals surface area contributed by atoms with Crippen LogP contribution in [-0.2, 0) is 33.6 Å². The fraction of sp³-hybridized carbons (Fsp3) is 0.774. The van der Waals surface area contributed by atoms with Gasteiger partial charge in [0.15, 0.2) is 0 Å². The number of hydrogen-bond acceptors (Lipinski definition) is 9. The van der Waals surface area contributed by atoms with Crippen LogP contribution in [0.2, 0.25) is 0 Å². The lowest BCUT2D eigenvalue weighted by atomic mass is 10.0. The molecule has 0 fully saturated rings. The second kappa shape index (κ2) is 27.3. The van der Waals surface area contributed by atoms with Gasteiger partial charge in [-0.1, -0.05) is 84.0 Å².